The van der Waals surface area contributed by atoms with Gasteiger partial charge in [-0.1, -0.05) is 18.2 Å². The maximum atomic E-state index is 13.6. The van der Waals surface area contributed by atoms with Crippen molar-refractivity contribution in [2.24, 2.45) is 5.73 Å². The Morgan fingerprint density at radius 3 is 2.50 bits per heavy atom. The zero-order valence-electron chi connectivity index (χ0n) is 21.1. The number of nitrogens with zero attached hydrogens (tertiary/aromatic N) is 1. The highest BCUT2D eigenvalue weighted by Gasteiger charge is 2.47. The zero-order valence-corrected chi connectivity index (χ0v) is 21.9. The van der Waals surface area contributed by atoms with Crippen LogP contribution in [0.2, 0.25) is 0 Å². The van der Waals surface area contributed by atoms with Crippen LogP contribution in [0.5, 0.6) is 5.75 Å². The SMILES string of the molecule is C[C@H](NCC(=O)C1(N2CC[C@@H](Oc3cccc(C(F)(F)F)c3)C2)CCOCC1)c1ccc(C(N)=O)cc1.Cl. The van der Waals surface area contributed by atoms with Crippen molar-refractivity contribution in [2.75, 3.05) is 32.8 Å². The maximum Gasteiger partial charge on any atom is 0.416 e. The van der Waals surface area contributed by atoms with Crippen LogP contribution < -0.4 is 15.8 Å². The number of ether oxygens (including phenoxy) is 2. The molecule has 4 rings (SSSR count). The summed E-state index contributed by atoms with van der Waals surface area (Å²) < 4.78 is 50.7. The molecule has 38 heavy (non-hydrogen) atoms. The Hall–Kier alpha value is -2.66. The topological polar surface area (TPSA) is 93.9 Å². The van der Waals surface area contributed by atoms with Crippen molar-refractivity contribution in [3.8, 4) is 5.75 Å². The Bertz CT molecular complexity index is 1110. The lowest BCUT2D eigenvalue weighted by Crippen LogP contribution is -2.59. The Balaban J connectivity index is 0.00000400. The van der Waals surface area contributed by atoms with E-state index in [0.717, 1.165) is 17.7 Å². The van der Waals surface area contributed by atoms with Gasteiger partial charge in [0.05, 0.1) is 17.6 Å². The minimum Gasteiger partial charge on any atom is -0.489 e. The standard InChI is InChI=1S/C27H32F3N3O4.ClH/c1-18(19-5-7-20(8-6-19)25(31)35)32-16-24(34)26(10-13-36-14-11-26)33-12-9-23(17-33)37-22-4-2-3-21(15-22)27(28,29)30;/h2-8,15,18,23,32H,9-14,16-17H2,1H3,(H2,31,35);1H/t18-,23+;/m0./s1. The Morgan fingerprint density at radius 1 is 1.18 bits per heavy atom. The van der Waals surface area contributed by atoms with E-state index in [2.05, 4.69) is 10.2 Å². The molecule has 1 amide bonds. The van der Waals surface area contributed by atoms with Gasteiger partial charge in [0.15, 0.2) is 5.78 Å². The summed E-state index contributed by atoms with van der Waals surface area (Å²) in [5, 5.41) is 3.29. The van der Waals surface area contributed by atoms with Gasteiger partial charge in [-0.25, -0.2) is 0 Å². The number of alkyl halides is 3. The third-order valence-electron chi connectivity index (χ3n) is 7.32. The van der Waals surface area contributed by atoms with Crippen LogP contribution in [0.15, 0.2) is 48.5 Å². The van der Waals surface area contributed by atoms with Crippen LogP contribution in [0, 0.1) is 0 Å². The number of nitrogens with one attached hydrogen (secondary N) is 1. The molecule has 0 saturated carbocycles. The van der Waals surface area contributed by atoms with Crippen LogP contribution in [0.4, 0.5) is 13.2 Å². The van der Waals surface area contributed by atoms with Crippen molar-refractivity contribution in [2.45, 2.75) is 50.0 Å². The summed E-state index contributed by atoms with van der Waals surface area (Å²) in [6.45, 7) is 4.08. The molecular formula is C27H33ClF3N3O4. The molecule has 0 radical (unpaired) electrons. The first-order valence-corrected chi connectivity index (χ1v) is 12.4. The molecule has 2 aromatic rings. The first kappa shape index (κ1) is 29.9. The zero-order chi connectivity index (χ0) is 26.6. The van der Waals surface area contributed by atoms with E-state index in [1.807, 2.05) is 19.1 Å². The van der Waals surface area contributed by atoms with Crippen LogP contribution in [-0.2, 0) is 15.7 Å². The molecule has 0 aromatic heterocycles. The molecule has 2 aromatic carbocycles. The normalized spacial score (nSPS) is 20.4. The monoisotopic (exact) mass is 555 g/mol. The first-order valence-electron chi connectivity index (χ1n) is 12.4. The van der Waals surface area contributed by atoms with E-state index in [-0.39, 0.29) is 42.6 Å². The van der Waals surface area contributed by atoms with Gasteiger partial charge in [0.25, 0.3) is 0 Å². The first-order chi connectivity index (χ1) is 17.6. The van der Waals surface area contributed by atoms with E-state index >= 15 is 0 Å². The second-order valence-corrected chi connectivity index (χ2v) is 9.66. The van der Waals surface area contributed by atoms with E-state index in [4.69, 9.17) is 15.2 Å². The molecule has 2 atom stereocenters. The number of carbonyl (C=O) groups is 2. The Labute approximate surface area is 226 Å². The Kier molecular flexibility index (Phi) is 9.80. The molecule has 2 aliphatic rings. The number of ketones is 1. The van der Waals surface area contributed by atoms with Gasteiger partial charge in [-0.05, 0) is 62.1 Å². The molecule has 208 valence electrons. The van der Waals surface area contributed by atoms with Crippen LogP contribution in [0.25, 0.3) is 0 Å². The second kappa shape index (κ2) is 12.5. The van der Waals surface area contributed by atoms with E-state index in [1.165, 1.54) is 12.1 Å². The fraction of sp³-hybridized carbons (Fsp3) is 0.481. The smallest absolute Gasteiger partial charge is 0.416 e. The van der Waals surface area contributed by atoms with Gasteiger partial charge >= 0.3 is 6.18 Å². The maximum absolute atomic E-state index is 13.6. The molecule has 0 aliphatic carbocycles. The molecule has 11 heteroatoms. The van der Waals surface area contributed by atoms with E-state index < -0.39 is 23.2 Å². The van der Waals surface area contributed by atoms with Gasteiger partial charge in [0, 0.05) is 37.9 Å². The third kappa shape index (κ3) is 6.85. The molecule has 0 bridgehead atoms. The summed E-state index contributed by atoms with van der Waals surface area (Å²) in [6, 6.07) is 11.7. The molecule has 2 saturated heterocycles. The van der Waals surface area contributed by atoms with Gasteiger partial charge in [-0.15, -0.1) is 12.4 Å². The van der Waals surface area contributed by atoms with Gasteiger partial charge in [-0.2, -0.15) is 13.2 Å². The lowest BCUT2D eigenvalue weighted by atomic mass is 9.83. The van der Waals surface area contributed by atoms with Gasteiger partial charge in [-0.3, -0.25) is 14.5 Å². The largest absolute Gasteiger partial charge is 0.489 e. The number of halogens is 4. The van der Waals surface area contributed by atoms with E-state index in [1.54, 1.807) is 12.1 Å². The van der Waals surface area contributed by atoms with Gasteiger partial charge < -0.3 is 20.5 Å². The molecule has 2 aliphatic heterocycles. The lowest BCUT2D eigenvalue weighted by molar-refractivity contribution is -0.138. The van der Waals surface area contributed by atoms with Crippen molar-refractivity contribution < 1.29 is 32.2 Å². The van der Waals surface area contributed by atoms with Crippen LogP contribution >= 0.6 is 12.4 Å². The molecule has 0 unspecified atom stereocenters. The number of likely N-dealkylation sites (tertiary alicyclic amines) is 1. The molecular weight excluding hydrogens is 523 g/mol. The van der Waals surface area contributed by atoms with Gasteiger partial charge in [0.1, 0.15) is 11.9 Å². The number of amides is 1. The summed E-state index contributed by atoms with van der Waals surface area (Å²) >= 11 is 0. The predicted molar refractivity (Wildman–Crippen MR) is 138 cm³/mol. The highest BCUT2D eigenvalue weighted by Crippen LogP contribution is 2.35. The molecule has 0 spiro atoms. The van der Waals surface area contributed by atoms with Gasteiger partial charge in [0.2, 0.25) is 5.91 Å². The van der Waals surface area contributed by atoms with Crippen molar-refractivity contribution in [1.82, 2.24) is 10.2 Å². The number of hydrogen-bond acceptors (Lipinski definition) is 6. The highest BCUT2D eigenvalue weighted by molar-refractivity contribution is 5.92. The lowest BCUT2D eigenvalue weighted by Gasteiger charge is -2.43. The van der Waals surface area contributed by atoms with Crippen molar-refractivity contribution >= 4 is 24.1 Å². The average molecular weight is 556 g/mol. The second-order valence-electron chi connectivity index (χ2n) is 9.66. The third-order valence-corrected chi connectivity index (χ3v) is 7.32. The number of primary amides is 1. The van der Waals surface area contributed by atoms with E-state index in [0.29, 0.717) is 51.1 Å². The molecule has 3 N–H and O–H groups in total. The number of nitrogens with two attached hydrogens (primary N) is 1. The number of benzene rings is 2. The Morgan fingerprint density at radius 2 is 1.87 bits per heavy atom. The van der Waals surface area contributed by atoms with Crippen LogP contribution in [-0.4, -0.2) is 61.1 Å². The van der Waals surface area contributed by atoms with E-state index in [9.17, 15) is 22.8 Å². The average Bonchev–Trinajstić information content (AvgIpc) is 3.36. The number of hydrogen-bond donors (Lipinski definition) is 2. The van der Waals surface area contributed by atoms with Crippen molar-refractivity contribution in [3.05, 3.63) is 65.2 Å². The minimum absolute atomic E-state index is 0. The fourth-order valence-corrected chi connectivity index (χ4v) is 5.10. The summed E-state index contributed by atoms with van der Waals surface area (Å²) in [5.74, 6) is -0.271. The van der Waals surface area contributed by atoms with Crippen molar-refractivity contribution in [1.29, 1.82) is 0 Å². The summed E-state index contributed by atoms with van der Waals surface area (Å²) in [7, 11) is 0. The van der Waals surface area contributed by atoms with Crippen LogP contribution in [0.1, 0.15) is 53.7 Å². The fourth-order valence-electron chi connectivity index (χ4n) is 5.10. The van der Waals surface area contributed by atoms with Crippen molar-refractivity contribution in [3.63, 3.8) is 0 Å². The highest BCUT2D eigenvalue weighted by atomic mass is 35.5. The number of carbonyl (C=O) groups excluding carboxylic acids is 2. The van der Waals surface area contributed by atoms with Crippen LogP contribution in [0.3, 0.4) is 0 Å². The number of rotatable bonds is 9. The quantitative estimate of drug-likeness (QED) is 0.483. The summed E-state index contributed by atoms with van der Waals surface area (Å²) in [4.78, 5) is 27.0. The minimum atomic E-state index is -4.44. The number of Topliss-reactive ketones (excluding diaryl/α,β-unsaturated/α-hetero) is 1. The predicted octanol–water partition coefficient (Wildman–Crippen LogP) is 4.15. The molecule has 2 fully saturated rings. The summed E-state index contributed by atoms with van der Waals surface area (Å²) in [6.07, 6.45) is -3.04. The molecule has 7 nitrogen and oxygen atoms in total. The molecule has 2 heterocycles. The summed E-state index contributed by atoms with van der Waals surface area (Å²) in [5.41, 5.74) is 5.18.